The van der Waals surface area contributed by atoms with E-state index in [0.29, 0.717) is 0 Å². The van der Waals surface area contributed by atoms with Crippen molar-refractivity contribution in [1.82, 2.24) is 24.4 Å². The molecular weight excluding hydrogens is 276 g/mol. The summed E-state index contributed by atoms with van der Waals surface area (Å²) in [6.07, 6.45) is 7.22. The van der Waals surface area contributed by atoms with Crippen molar-refractivity contribution in [3.63, 3.8) is 0 Å². The molecule has 22 heavy (non-hydrogen) atoms. The van der Waals surface area contributed by atoms with Crippen LogP contribution in [0.15, 0.2) is 49.2 Å². The van der Waals surface area contributed by atoms with Crippen LogP contribution in [0.5, 0.6) is 0 Å². The maximum atomic E-state index is 4.45. The summed E-state index contributed by atoms with van der Waals surface area (Å²) in [4.78, 5) is 17.7. The summed E-state index contributed by atoms with van der Waals surface area (Å²) in [5.41, 5.74) is 2.25. The fraction of sp³-hybridized carbons (Fsp3) is 0.312. The van der Waals surface area contributed by atoms with E-state index in [1.807, 2.05) is 18.6 Å². The number of benzene rings is 1. The average Bonchev–Trinajstić information content (AvgIpc) is 3.00. The summed E-state index contributed by atoms with van der Waals surface area (Å²) in [5, 5.41) is 0. The highest BCUT2D eigenvalue weighted by Gasteiger charge is 2.18. The van der Waals surface area contributed by atoms with E-state index in [-0.39, 0.29) is 0 Å². The van der Waals surface area contributed by atoms with Crippen LogP contribution in [0.3, 0.4) is 0 Å². The number of hydrogen-bond acceptors (Lipinski definition) is 5. The van der Waals surface area contributed by atoms with Crippen LogP contribution in [-0.2, 0) is 6.67 Å². The second kappa shape index (κ2) is 5.73. The van der Waals surface area contributed by atoms with Gasteiger partial charge in [-0.2, -0.15) is 0 Å². The van der Waals surface area contributed by atoms with Crippen molar-refractivity contribution in [2.24, 2.45) is 0 Å². The Morgan fingerprint density at radius 1 is 0.955 bits per heavy atom. The highest BCUT2D eigenvalue weighted by atomic mass is 15.3. The molecule has 1 aromatic carbocycles. The summed E-state index contributed by atoms with van der Waals surface area (Å²) in [5.74, 6) is 0.968. The van der Waals surface area contributed by atoms with Crippen molar-refractivity contribution in [2.75, 3.05) is 31.1 Å². The molecule has 0 N–H and O–H groups in total. The average molecular weight is 294 g/mol. The molecule has 1 fully saturated rings. The number of anilines is 1. The van der Waals surface area contributed by atoms with E-state index < -0.39 is 0 Å². The van der Waals surface area contributed by atoms with Crippen molar-refractivity contribution in [3.05, 3.63) is 49.2 Å². The van der Waals surface area contributed by atoms with Crippen LogP contribution in [0.25, 0.3) is 11.0 Å². The first-order chi connectivity index (χ1) is 10.9. The van der Waals surface area contributed by atoms with Gasteiger partial charge in [-0.05, 0) is 12.1 Å². The van der Waals surface area contributed by atoms with E-state index in [1.165, 1.54) is 5.52 Å². The van der Waals surface area contributed by atoms with Gasteiger partial charge in [-0.25, -0.2) is 9.97 Å². The summed E-state index contributed by atoms with van der Waals surface area (Å²) in [6.45, 7) is 4.87. The third-order valence-electron chi connectivity index (χ3n) is 4.13. The molecule has 0 amide bonds. The normalized spacial score (nSPS) is 16.3. The number of aromatic nitrogens is 4. The van der Waals surface area contributed by atoms with Crippen molar-refractivity contribution < 1.29 is 0 Å². The Morgan fingerprint density at radius 2 is 1.82 bits per heavy atom. The Labute approximate surface area is 129 Å². The number of rotatable bonds is 3. The molecule has 0 saturated carbocycles. The largest absolute Gasteiger partial charge is 0.353 e. The number of nitrogens with zero attached hydrogens (tertiary/aromatic N) is 6. The second-order valence-electron chi connectivity index (χ2n) is 5.51. The highest BCUT2D eigenvalue weighted by Crippen LogP contribution is 2.15. The zero-order chi connectivity index (χ0) is 14.8. The molecule has 4 rings (SSSR count). The van der Waals surface area contributed by atoms with Gasteiger partial charge in [0.05, 0.1) is 30.2 Å². The van der Waals surface area contributed by atoms with E-state index in [0.717, 1.165) is 44.2 Å². The van der Waals surface area contributed by atoms with Crippen LogP contribution in [0.1, 0.15) is 0 Å². The Kier molecular flexibility index (Phi) is 3.44. The Bertz CT molecular complexity index is 745. The number of fused-ring (bicyclic) bond motifs is 1. The Morgan fingerprint density at radius 3 is 2.64 bits per heavy atom. The van der Waals surface area contributed by atoms with Crippen LogP contribution in [0, 0.1) is 0 Å². The molecule has 0 spiro atoms. The molecule has 0 aliphatic carbocycles. The predicted octanol–water partition coefficient (Wildman–Crippen LogP) is 1.61. The van der Waals surface area contributed by atoms with Gasteiger partial charge < -0.3 is 9.47 Å². The smallest absolute Gasteiger partial charge is 0.147 e. The summed E-state index contributed by atoms with van der Waals surface area (Å²) in [7, 11) is 0. The molecule has 1 aliphatic rings. The quantitative estimate of drug-likeness (QED) is 0.734. The maximum Gasteiger partial charge on any atom is 0.147 e. The van der Waals surface area contributed by atoms with Crippen LogP contribution < -0.4 is 4.90 Å². The van der Waals surface area contributed by atoms with Crippen LogP contribution in [0.4, 0.5) is 5.82 Å². The maximum absolute atomic E-state index is 4.45. The van der Waals surface area contributed by atoms with Gasteiger partial charge in [0.2, 0.25) is 0 Å². The van der Waals surface area contributed by atoms with Gasteiger partial charge >= 0.3 is 0 Å². The molecule has 2 aromatic heterocycles. The molecule has 0 radical (unpaired) electrons. The van der Waals surface area contributed by atoms with E-state index >= 15 is 0 Å². The highest BCUT2D eigenvalue weighted by molar-refractivity contribution is 5.74. The van der Waals surface area contributed by atoms with Gasteiger partial charge in [0.25, 0.3) is 0 Å². The van der Waals surface area contributed by atoms with Crippen molar-refractivity contribution in [1.29, 1.82) is 0 Å². The first-order valence-electron chi connectivity index (χ1n) is 7.53. The fourth-order valence-corrected chi connectivity index (χ4v) is 2.91. The molecule has 0 atom stereocenters. The fourth-order valence-electron chi connectivity index (χ4n) is 2.91. The topological polar surface area (TPSA) is 50.1 Å². The molecule has 1 aliphatic heterocycles. The number of piperazine rings is 1. The number of imidazole rings is 1. The monoisotopic (exact) mass is 294 g/mol. The van der Waals surface area contributed by atoms with Gasteiger partial charge in [0.1, 0.15) is 5.82 Å². The zero-order valence-electron chi connectivity index (χ0n) is 12.3. The van der Waals surface area contributed by atoms with Gasteiger partial charge in [-0.1, -0.05) is 12.1 Å². The van der Waals surface area contributed by atoms with Crippen molar-refractivity contribution in [2.45, 2.75) is 6.67 Å². The molecule has 6 nitrogen and oxygen atoms in total. The second-order valence-corrected chi connectivity index (χ2v) is 5.51. The van der Waals surface area contributed by atoms with Gasteiger partial charge in [-0.15, -0.1) is 0 Å². The van der Waals surface area contributed by atoms with E-state index in [9.17, 15) is 0 Å². The standard InChI is InChI=1S/C16H18N6/c1-2-4-15-14(3-1)19-12-22(15)13-20-7-9-21(10-8-20)16-11-17-5-6-18-16/h1-6,11-12H,7-10,13H2. The summed E-state index contributed by atoms with van der Waals surface area (Å²) >= 11 is 0. The van der Waals surface area contributed by atoms with Crippen molar-refractivity contribution in [3.8, 4) is 0 Å². The first-order valence-corrected chi connectivity index (χ1v) is 7.53. The molecule has 3 heterocycles. The van der Waals surface area contributed by atoms with Gasteiger partial charge in [0.15, 0.2) is 0 Å². The third-order valence-corrected chi connectivity index (χ3v) is 4.13. The SMILES string of the molecule is c1ccc2c(c1)ncn2CN1CCN(c2cnccn2)CC1. The molecule has 112 valence electrons. The number of para-hydroxylation sites is 2. The molecule has 0 bridgehead atoms. The van der Waals surface area contributed by atoms with Gasteiger partial charge in [-0.3, -0.25) is 9.88 Å². The van der Waals surface area contributed by atoms with E-state index in [2.05, 4.69) is 47.5 Å². The molecule has 6 heteroatoms. The molecular formula is C16H18N6. The molecule has 1 saturated heterocycles. The third kappa shape index (κ3) is 2.53. The van der Waals surface area contributed by atoms with E-state index in [4.69, 9.17) is 0 Å². The van der Waals surface area contributed by atoms with Gasteiger partial charge in [0, 0.05) is 38.6 Å². The number of hydrogen-bond donors (Lipinski definition) is 0. The first kappa shape index (κ1) is 13.2. The van der Waals surface area contributed by atoms with Crippen molar-refractivity contribution >= 4 is 16.9 Å². The summed E-state index contributed by atoms with van der Waals surface area (Å²) < 4.78 is 2.22. The lowest BCUT2D eigenvalue weighted by atomic mass is 10.3. The minimum Gasteiger partial charge on any atom is -0.353 e. The zero-order valence-corrected chi connectivity index (χ0v) is 12.3. The predicted molar refractivity (Wildman–Crippen MR) is 85.6 cm³/mol. The Balaban J connectivity index is 1.42. The minimum absolute atomic E-state index is 0.884. The lowest BCUT2D eigenvalue weighted by molar-refractivity contribution is 0.208. The molecule has 0 unspecified atom stereocenters. The minimum atomic E-state index is 0.884. The Hall–Kier alpha value is -2.47. The lowest BCUT2D eigenvalue weighted by Gasteiger charge is -2.35. The molecule has 3 aromatic rings. The van der Waals surface area contributed by atoms with Crippen LogP contribution >= 0.6 is 0 Å². The van der Waals surface area contributed by atoms with Crippen LogP contribution in [0.2, 0.25) is 0 Å². The van der Waals surface area contributed by atoms with E-state index in [1.54, 1.807) is 12.4 Å². The summed E-state index contributed by atoms with van der Waals surface area (Å²) in [6, 6.07) is 8.27. The lowest BCUT2D eigenvalue weighted by Crippen LogP contribution is -2.47. The van der Waals surface area contributed by atoms with Crippen LogP contribution in [-0.4, -0.2) is 50.6 Å².